The molecule has 4 nitrogen and oxygen atoms in total. The van der Waals surface area contributed by atoms with Gasteiger partial charge in [-0.05, 0) is 37.1 Å². The first-order valence-corrected chi connectivity index (χ1v) is 7.24. The summed E-state index contributed by atoms with van der Waals surface area (Å²) in [7, 11) is 0. The number of nitrogens with one attached hydrogen (secondary N) is 2. The van der Waals surface area contributed by atoms with Gasteiger partial charge in [-0.15, -0.1) is 0 Å². The Morgan fingerprint density at radius 1 is 1.14 bits per heavy atom. The summed E-state index contributed by atoms with van der Waals surface area (Å²) in [5.74, 6) is -0.402. The maximum atomic E-state index is 12.6. The largest absolute Gasteiger partial charge is 0.372 e. The summed E-state index contributed by atoms with van der Waals surface area (Å²) in [6.07, 6.45) is 1.72. The Morgan fingerprint density at radius 2 is 1.91 bits per heavy atom. The topological polar surface area (TPSA) is 65.1 Å². The van der Waals surface area contributed by atoms with E-state index in [0.29, 0.717) is 16.8 Å². The molecule has 1 amide bonds. The van der Waals surface area contributed by atoms with E-state index in [1.165, 1.54) is 0 Å². The summed E-state index contributed by atoms with van der Waals surface area (Å²) in [6.45, 7) is 3.90. The van der Waals surface area contributed by atoms with E-state index in [-0.39, 0.29) is 0 Å². The van der Waals surface area contributed by atoms with Gasteiger partial charge in [-0.25, -0.2) is 0 Å². The molecule has 1 aliphatic rings. The smallest absolute Gasteiger partial charge is 0.265 e. The van der Waals surface area contributed by atoms with Crippen molar-refractivity contribution in [1.82, 2.24) is 4.98 Å². The molecular formula is C18H16N2O2. The molecule has 0 bridgehead atoms. The molecule has 110 valence electrons. The van der Waals surface area contributed by atoms with Gasteiger partial charge in [-0.3, -0.25) is 4.79 Å². The lowest BCUT2D eigenvalue weighted by Crippen LogP contribution is -2.35. The number of aryl methyl sites for hydroxylation is 2. The van der Waals surface area contributed by atoms with Gasteiger partial charge in [0.25, 0.3) is 5.91 Å². The van der Waals surface area contributed by atoms with Gasteiger partial charge in [-0.1, -0.05) is 24.3 Å². The second-order valence-corrected chi connectivity index (χ2v) is 5.92. The number of fused-ring (bicyclic) bond motifs is 2. The molecule has 0 saturated heterocycles. The quantitative estimate of drug-likeness (QED) is 0.645. The normalized spacial score (nSPS) is 20.2. The van der Waals surface area contributed by atoms with Crippen LogP contribution in [0.15, 0.2) is 42.6 Å². The lowest BCUT2D eigenvalue weighted by Gasteiger charge is -2.22. The number of hydrogen-bond acceptors (Lipinski definition) is 2. The fourth-order valence-corrected chi connectivity index (χ4v) is 3.50. The maximum absolute atomic E-state index is 12.6. The van der Waals surface area contributed by atoms with Gasteiger partial charge in [0, 0.05) is 33.9 Å². The van der Waals surface area contributed by atoms with Crippen molar-refractivity contribution in [1.29, 1.82) is 0 Å². The number of rotatable bonds is 1. The molecule has 0 saturated carbocycles. The zero-order chi connectivity index (χ0) is 15.5. The van der Waals surface area contributed by atoms with Crippen molar-refractivity contribution in [2.24, 2.45) is 0 Å². The van der Waals surface area contributed by atoms with Gasteiger partial charge >= 0.3 is 0 Å². The predicted octanol–water partition coefficient (Wildman–Crippen LogP) is 2.97. The molecule has 1 unspecified atom stereocenters. The van der Waals surface area contributed by atoms with Crippen molar-refractivity contribution < 1.29 is 9.90 Å². The summed E-state index contributed by atoms with van der Waals surface area (Å²) in [5, 5.41) is 15.0. The van der Waals surface area contributed by atoms with Crippen LogP contribution in [0.1, 0.15) is 22.3 Å². The van der Waals surface area contributed by atoms with Crippen molar-refractivity contribution >= 4 is 22.5 Å². The second kappa shape index (κ2) is 4.21. The zero-order valence-electron chi connectivity index (χ0n) is 12.4. The highest BCUT2D eigenvalue weighted by molar-refractivity contribution is 6.10. The average Bonchev–Trinajstić information content (AvgIpc) is 2.99. The van der Waals surface area contributed by atoms with E-state index < -0.39 is 11.5 Å². The van der Waals surface area contributed by atoms with Crippen LogP contribution in [-0.4, -0.2) is 16.0 Å². The number of benzene rings is 2. The minimum Gasteiger partial charge on any atom is -0.372 e. The molecule has 1 aliphatic heterocycles. The van der Waals surface area contributed by atoms with Crippen LogP contribution in [0.4, 0.5) is 5.69 Å². The Hall–Kier alpha value is -2.59. The molecular weight excluding hydrogens is 276 g/mol. The van der Waals surface area contributed by atoms with Gasteiger partial charge in [0.05, 0.1) is 0 Å². The number of para-hydroxylation sites is 1. The number of hydrogen-bond donors (Lipinski definition) is 3. The van der Waals surface area contributed by atoms with E-state index in [4.69, 9.17) is 0 Å². The van der Waals surface area contributed by atoms with Gasteiger partial charge in [0.2, 0.25) is 0 Å². The van der Waals surface area contributed by atoms with Crippen molar-refractivity contribution in [3.63, 3.8) is 0 Å². The molecule has 3 aromatic rings. The molecule has 22 heavy (non-hydrogen) atoms. The molecule has 0 fully saturated rings. The van der Waals surface area contributed by atoms with E-state index in [2.05, 4.69) is 10.3 Å². The summed E-state index contributed by atoms with van der Waals surface area (Å²) >= 11 is 0. The molecule has 0 radical (unpaired) electrons. The summed E-state index contributed by atoms with van der Waals surface area (Å²) < 4.78 is 0. The van der Waals surface area contributed by atoms with Crippen LogP contribution in [0.2, 0.25) is 0 Å². The van der Waals surface area contributed by atoms with Gasteiger partial charge in [-0.2, -0.15) is 0 Å². The monoisotopic (exact) mass is 292 g/mol. The number of H-pyrrole nitrogens is 1. The number of amides is 1. The van der Waals surface area contributed by atoms with Crippen LogP contribution in [0, 0.1) is 13.8 Å². The van der Waals surface area contributed by atoms with Crippen LogP contribution in [0.25, 0.3) is 10.9 Å². The van der Waals surface area contributed by atoms with Crippen molar-refractivity contribution in [3.8, 4) is 0 Å². The Bertz CT molecular complexity index is 926. The molecule has 0 aliphatic carbocycles. The van der Waals surface area contributed by atoms with Crippen LogP contribution in [0.5, 0.6) is 0 Å². The standard InChI is InChI=1S/C18H16N2O2/c1-10-7-11(2)16-15(8-10)20-17(21)18(16,22)13-9-19-14-6-4-3-5-12(13)14/h3-9,19,22H,1-2H3,(H,20,21). The SMILES string of the molecule is Cc1cc(C)c2c(c1)NC(=O)C2(O)c1c[nH]c2ccccc12. The fraction of sp³-hybridized carbons (Fsp3) is 0.167. The van der Waals surface area contributed by atoms with E-state index in [1.54, 1.807) is 6.20 Å². The van der Waals surface area contributed by atoms with Crippen molar-refractivity contribution in [2.75, 3.05) is 5.32 Å². The number of carbonyl (C=O) groups excluding carboxylic acids is 1. The van der Waals surface area contributed by atoms with E-state index >= 15 is 0 Å². The minimum atomic E-state index is -1.66. The first-order chi connectivity index (χ1) is 10.5. The number of aromatic amines is 1. The first kappa shape index (κ1) is 13.1. The van der Waals surface area contributed by atoms with Gasteiger partial charge in [0.1, 0.15) is 0 Å². The van der Waals surface area contributed by atoms with E-state index in [0.717, 1.165) is 22.0 Å². The lowest BCUT2D eigenvalue weighted by atomic mass is 9.84. The lowest BCUT2D eigenvalue weighted by molar-refractivity contribution is -0.129. The van der Waals surface area contributed by atoms with E-state index in [9.17, 15) is 9.90 Å². The molecule has 1 aromatic heterocycles. The Morgan fingerprint density at radius 3 is 2.73 bits per heavy atom. The summed E-state index contributed by atoms with van der Waals surface area (Å²) in [6, 6.07) is 11.5. The first-order valence-electron chi connectivity index (χ1n) is 7.24. The Labute approximate surface area is 127 Å². The molecule has 4 heteroatoms. The molecule has 4 rings (SSSR count). The van der Waals surface area contributed by atoms with Gasteiger partial charge in [0.15, 0.2) is 5.60 Å². The molecule has 0 spiro atoms. The highest BCUT2D eigenvalue weighted by atomic mass is 16.3. The van der Waals surface area contributed by atoms with Crippen LogP contribution in [-0.2, 0) is 10.4 Å². The van der Waals surface area contributed by atoms with Crippen molar-refractivity contribution in [3.05, 3.63) is 64.8 Å². The van der Waals surface area contributed by atoms with Gasteiger partial charge < -0.3 is 15.4 Å². The zero-order valence-corrected chi connectivity index (χ0v) is 12.4. The molecule has 1 atom stereocenters. The summed E-state index contributed by atoms with van der Waals surface area (Å²) in [4.78, 5) is 15.7. The maximum Gasteiger partial charge on any atom is 0.265 e. The van der Waals surface area contributed by atoms with Crippen LogP contribution >= 0.6 is 0 Å². The number of carbonyl (C=O) groups is 1. The minimum absolute atomic E-state index is 0.402. The second-order valence-electron chi connectivity index (χ2n) is 5.92. The fourth-order valence-electron chi connectivity index (χ4n) is 3.50. The van der Waals surface area contributed by atoms with Crippen LogP contribution < -0.4 is 5.32 Å². The third-order valence-electron chi connectivity index (χ3n) is 4.40. The van der Waals surface area contributed by atoms with E-state index in [1.807, 2.05) is 50.2 Å². The third-order valence-corrected chi connectivity index (χ3v) is 4.40. The number of anilines is 1. The van der Waals surface area contributed by atoms with Crippen LogP contribution in [0.3, 0.4) is 0 Å². The summed E-state index contributed by atoms with van der Waals surface area (Å²) in [5.41, 5.74) is 3.12. The third kappa shape index (κ3) is 1.53. The Balaban J connectivity index is 2.05. The highest BCUT2D eigenvalue weighted by Crippen LogP contribution is 2.45. The molecule has 3 N–H and O–H groups in total. The Kier molecular flexibility index (Phi) is 2.51. The van der Waals surface area contributed by atoms with Crippen molar-refractivity contribution in [2.45, 2.75) is 19.4 Å². The number of aromatic nitrogens is 1. The molecule has 2 heterocycles. The predicted molar refractivity (Wildman–Crippen MR) is 85.8 cm³/mol. The highest BCUT2D eigenvalue weighted by Gasteiger charge is 2.49. The molecule has 2 aromatic carbocycles. The number of aliphatic hydroxyl groups is 1. The average molecular weight is 292 g/mol.